The van der Waals surface area contributed by atoms with Crippen LogP contribution in [-0.2, 0) is 29.3 Å². The molecular weight excluding hydrogens is 561 g/mol. The van der Waals surface area contributed by atoms with E-state index in [1.165, 1.54) is 24.3 Å². The second-order valence-corrected chi connectivity index (χ2v) is 11.9. The van der Waals surface area contributed by atoms with Gasteiger partial charge in [-0.05, 0) is 44.2 Å². The highest BCUT2D eigenvalue weighted by Gasteiger charge is 2.19. The van der Waals surface area contributed by atoms with Crippen LogP contribution in [0.1, 0.15) is 35.3 Å². The SMILES string of the molecule is Cn1cc(C(=O)Nc2cc(Cl)cc(NS(C)(=O)=O)c2)cc1-c1ncc(F)cc1OCc1cncc(C(C)(C)O)c1. The summed E-state index contributed by atoms with van der Waals surface area (Å²) in [6, 6.07) is 8.84. The van der Waals surface area contributed by atoms with Crippen molar-refractivity contribution in [3.63, 3.8) is 0 Å². The number of rotatable bonds is 9. The molecule has 4 aromatic rings. The molecule has 0 aliphatic carbocycles. The van der Waals surface area contributed by atoms with E-state index in [9.17, 15) is 22.7 Å². The third-order valence-electron chi connectivity index (χ3n) is 5.68. The second kappa shape index (κ2) is 11.2. The monoisotopic (exact) mass is 587 g/mol. The van der Waals surface area contributed by atoms with Crippen molar-refractivity contribution in [2.45, 2.75) is 26.1 Å². The lowest BCUT2D eigenvalue weighted by atomic mass is 9.99. The Morgan fingerprint density at radius 3 is 2.55 bits per heavy atom. The number of anilines is 2. The van der Waals surface area contributed by atoms with Gasteiger partial charge in [-0.15, -0.1) is 0 Å². The molecule has 0 atom stereocenters. The molecule has 1 amide bonds. The second-order valence-electron chi connectivity index (χ2n) is 9.71. The summed E-state index contributed by atoms with van der Waals surface area (Å²) in [5.41, 5.74) is 1.68. The van der Waals surface area contributed by atoms with Crippen molar-refractivity contribution in [1.82, 2.24) is 14.5 Å². The van der Waals surface area contributed by atoms with Gasteiger partial charge in [0.15, 0.2) is 5.75 Å². The average molecular weight is 588 g/mol. The normalized spacial score (nSPS) is 11.8. The largest absolute Gasteiger partial charge is 0.486 e. The molecule has 3 aromatic heterocycles. The van der Waals surface area contributed by atoms with E-state index in [-0.39, 0.29) is 34.3 Å². The minimum Gasteiger partial charge on any atom is -0.486 e. The number of nitrogens with one attached hydrogen (secondary N) is 2. The number of aryl methyl sites for hydroxylation is 1. The molecule has 0 aliphatic rings. The molecule has 0 fully saturated rings. The van der Waals surface area contributed by atoms with Crippen molar-refractivity contribution in [3.05, 3.63) is 88.7 Å². The van der Waals surface area contributed by atoms with Gasteiger partial charge in [0.1, 0.15) is 18.1 Å². The van der Waals surface area contributed by atoms with Crippen molar-refractivity contribution in [2.24, 2.45) is 7.05 Å². The maximum atomic E-state index is 14.1. The molecule has 0 spiro atoms. The Morgan fingerprint density at radius 2 is 1.85 bits per heavy atom. The molecule has 210 valence electrons. The lowest BCUT2D eigenvalue weighted by Crippen LogP contribution is -2.16. The molecule has 0 unspecified atom stereocenters. The van der Waals surface area contributed by atoms with Crippen LogP contribution in [0.15, 0.2) is 61.2 Å². The first-order chi connectivity index (χ1) is 18.7. The van der Waals surface area contributed by atoms with Gasteiger partial charge in [0.05, 0.1) is 35.0 Å². The number of pyridine rings is 2. The molecule has 0 bridgehead atoms. The maximum absolute atomic E-state index is 14.1. The summed E-state index contributed by atoms with van der Waals surface area (Å²) in [5, 5.41) is 13.2. The predicted molar refractivity (Wildman–Crippen MR) is 150 cm³/mol. The smallest absolute Gasteiger partial charge is 0.257 e. The lowest BCUT2D eigenvalue weighted by Gasteiger charge is -2.18. The van der Waals surface area contributed by atoms with Crippen LogP contribution >= 0.6 is 11.6 Å². The maximum Gasteiger partial charge on any atom is 0.257 e. The molecule has 10 nitrogen and oxygen atoms in total. The first-order valence-corrected chi connectivity index (χ1v) is 14.2. The summed E-state index contributed by atoms with van der Waals surface area (Å²) in [6.07, 6.45) is 6.76. The van der Waals surface area contributed by atoms with Crippen LogP contribution in [0, 0.1) is 5.82 Å². The number of hydrogen-bond donors (Lipinski definition) is 3. The van der Waals surface area contributed by atoms with Crippen LogP contribution in [0.3, 0.4) is 0 Å². The molecule has 40 heavy (non-hydrogen) atoms. The van der Waals surface area contributed by atoms with Gasteiger partial charge in [-0.1, -0.05) is 11.6 Å². The number of carbonyl (C=O) groups excluding carboxylic acids is 1. The van der Waals surface area contributed by atoms with E-state index >= 15 is 0 Å². The number of amides is 1. The standard InChI is InChI=1S/C27H27ClFN5O5S/c1-27(2,36)18-5-16(11-30-12-18)15-39-24-9-20(29)13-31-25(24)23-6-17(14-34(23)3)26(35)32-21-7-19(28)8-22(10-21)33-40(4,37)38/h5-14,33,36H,15H2,1-4H3,(H,32,35). The zero-order chi connectivity index (χ0) is 29.2. The number of sulfonamides is 1. The molecule has 4 rings (SSSR count). The van der Waals surface area contributed by atoms with Crippen LogP contribution in [-0.4, -0.2) is 40.2 Å². The first kappa shape index (κ1) is 29.0. The summed E-state index contributed by atoms with van der Waals surface area (Å²) < 4.78 is 47.2. The highest BCUT2D eigenvalue weighted by Crippen LogP contribution is 2.31. The van der Waals surface area contributed by atoms with E-state index < -0.39 is 27.3 Å². The van der Waals surface area contributed by atoms with Gasteiger partial charge in [0, 0.05) is 53.5 Å². The quantitative estimate of drug-likeness (QED) is 0.258. The minimum atomic E-state index is -3.55. The van der Waals surface area contributed by atoms with Gasteiger partial charge < -0.3 is 19.7 Å². The third-order valence-corrected chi connectivity index (χ3v) is 6.51. The van der Waals surface area contributed by atoms with Crippen molar-refractivity contribution in [3.8, 4) is 17.1 Å². The van der Waals surface area contributed by atoms with Crippen molar-refractivity contribution in [2.75, 3.05) is 16.3 Å². The summed E-state index contributed by atoms with van der Waals surface area (Å²) in [7, 11) is -1.85. The first-order valence-electron chi connectivity index (χ1n) is 11.9. The Bertz CT molecular complexity index is 1690. The van der Waals surface area contributed by atoms with Crippen molar-refractivity contribution < 1.29 is 27.4 Å². The Labute approximate surface area is 235 Å². The molecular formula is C27H27ClFN5O5S. The summed E-state index contributed by atoms with van der Waals surface area (Å²) in [5.74, 6) is -0.949. The van der Waals surface area contributed by atoms with E-state index in [1.54, 1.807) is 56.2 Å². The third kappa shape index (κ3) is 7.34. The van der Waals surface area contributed by atoms with Crippen LogP contribution in [0.25, 0.3) is 11.4 Å². The van der Waals surface area contributed by atoms with Crippen LogP contribution in [0.2, 0.25) is 5.02 Å². The van der Waals surface area contributed by atoms with Gasteiger partial charge in [0.25, 0.3) is 5.91 Å². The zero-order valence-corrected chi connectivity index (χ0v) is 23.6. The van der Waals surface area contributed by atoms with E-state index in [2.05, 4.69) is 20.0 Å². The highest BCUT2D eigenvalue weighted by molar-refractivity contribution is 7.92. The summed E-state index contributed by atoms with van der Waals surface area (Å²) in [4.78, 5) is 21.4. The number of halogens is 2. The average Bonchev–Trinajstić information content (AvgIpc) is 3.22. The topological polar surface area (TPSA) is 135 Å². The number of carbonyl (C=O) groups is 1. The van der Waals surface area contributed by atoms with Gasteiger partial charge in [-0.2, -0.15) is 0 Å². The lowest BCUT2D eigenvalue weighted by molar-refractivity contribution is 0.0780. The van der Waals surface area contributed by atoms with Crippen LogP contribution < -0.4 is 14.8 Å². The highest BCUT2D eigenvalue weighted by atomic mass is 35.5. The van der Waals surface area contributed by atoms with Gasteiger partial charge in [0.2, 0.25) is 10.0 Å². The number of ether oxygens (including phenoxy) is 1. The Hall–Kier alpha value is -4.00. The molecule has 0 aliphatic heterocycles. The number of benzene rings is 1. The van der Waals surface area contributed by atoms with E-state index in [1.807, 2.05) is 0 Å². The molecule has 13 heteroatoms. The molecule has 3 N–H and O–H groups in total. The predicted octanol–water partition coefficient (Wildman–Crippen LogP) is 4.70. The fourth-order valence-electron chi connectivity index (χ4n) is 3.85. The number of hydrogen-bond acceptors (Lipinski definition) is 7. The molecule has 1 aromatic carbocycles. The fourth-order valence-corrected chi connectivity index (χ4v) is 4.63. The van der Waals surface area contributed by atoms with Gasteiger partial charge >= 0.3 is 0 Å². The molecule has 0 saturated carbocycles. The molecule has 0 saturated heterocycles. The number of aromatic nitrogens is 3. The van der Waals surface area contributed by atoms with E-state index in [4.69, 9.17) is 16.3 Å². The van der Waals surface area contributed by atoms with Crippen LogP contribution in [0.4, 0.5) is 15.8 Å². The molecule has 0 radical (unpaired) electrons. The van der Waals surface area contributed by atoms with Gasteiger partial charge in [-0.3, -0.25) is 14.5 Å². The summed E-state index contributed by atoms with van der Waals surface area (Å²) in [6.45, 7) is 3.32. The molecule has 3 heterocycles. The Kier molecular flexibility index (Phi) is 8.15. The fraction of sp³-hybridized carbons (Fsp3) is 0.222. The zero-order valence-electron chi connectivity index (χ0n) is 22.1. The Balaban J connectivity index is 1.57. The van der Waals surface area contributed by atoms with Gasteiger partial charge in [-0.25, -0.2) is 17.8 Å². The van der Waals surface area contributed by atoms with Crippen LogP contribution in [0.5, 0.6) is 5.75 Å². The minimum absolute atomic E-state index is 0.0332. The Morgan fingerprint density at radius 1 is 1.12 bits per heavy atom. The van der Waals surface area contributed by atoms with E-state index in [0.717, 1.165) is 12.5 Å². The van der Waals surface area contributed by atoms with Crippen molar-refractivity contribution >= 4 is 38.9 Å². The van der Waals surface area contributed by atoms with E-state index in [0.29, 0.717) is 22.5 Å². The number of aliphatic hydroxyl groups is 1. The van der Waals surface area contributed by atoms with Crippen molar-refractivity contribution in [1.29, 1.82) is 0 Å². The number of nitrogens with zero attached hydrogens (tertiary/aromatic N) is 3. The summed E-state index contributed by atoms with van der Waals surface area (Å²) >= 11 is 6.09.